The average molecular weight is 283 g/mol. The molecule has 1 N–H and O–H groups in total. The summed E-state index contributed by atoms with van der Waals surface area (Å²) in [7, 11) is 2.11. The number of amides is 1. The van der Waals surface area contributed by atoms with E-state index in [1.54, 1.807) is 0 Å². The molecule has 1 aliphatic rings. The van der Waals surface area contributed by atoms with Gasteiger partial charge in [-0.15, -0.1) is 0 Å². The van der Waals surface area contributed by atoms with E-state index in [2.05, 4.69) is 40.2 Å². The highest BCUT2D eigenvalue weighted by Gasteiger charge is 2.23. The third-order valence-electron chi connectivity index (χ3n) is 4.14. The second-order valence-corrected chi connectivity index (χ2v) is 5.80. The molecule has 0 radical (unpaired) electrons. The summed E-state index contributed by atoms with van der Waals surface area (Å²) in [5.41, 5.74) is 3.17. The van der Waals surface area contributed by atoms with Crippen LogP contribution in [0.1, 0.15) is 21.6 Å². The van der Waals surface area contributed by atoms with Crippen molar-refractivity contribution in [2.75, 3.05) is 13.6 Å². The van der Waals surface area contributed by atoms with Crippen LogP contribution in [0, 0.1) is 6.92 Å². The second-order valence-electron chi connectivity index (χ2n) is 5.80. The fourth-order valence-corrected chi connectivity index (χ4v) is 2.84. The Kier molecular flexibility index (Phi) is 3.80. The zero-order valence-corrected chi connectivity index (χ0v) is 12.5. The predicted molar refractivity (Wildman–Crippen MR) is 83.2 cm³/mol. The maximum Gasteiger partial charge on any atom is 0.251 e. The standard InChI is InChI=1S/C17H21N3O/c1-13-5-3-6-14(9-13)17(21)18-10-16-12-20-8-4-7-15(20)11-19(16)2/h3-9,16H,10-12H2,1-2H3,(H,18,21). The van der Waals surface area contributed by atoms with Crippen LogP contribution in [0.15, 0.2) is 42.6 Å². The van der Waals surface area contributed by atoms with Gasteiger partial charge in [0, 0.05) is 43.1 Å². The van der Waals surface area contributed by atoms with Crippen molar-refractivity contribution >= 4 is 5.91 Å². The average Bonchev–Trinajstić information content (AvgIpc) is 2.91. The summed E-state index contributed by atoms with van der Waals surface area (Å²) in [6, 6.07) is 12.3. The zero-order valence-electron chi connectivity index (χ0n) is 12.5. The summed E-state index contributed by atoms with van der Waals surface area (Å²) in [4.78, 5) is 14.5. The summed E-state index contributed by atoms with van der Waals surface area (Å²) in [6.07, 6.45) is 2.11. The number of likely N-dealkylation sites (N-methyl/N-ethyl adjacent to an activating group) is 1. The highest BCUT2D eigenvalue weighted by atomic mass is 16.1. The van der Waals surface area contributed by atoms with Crippen LogP contribution < -0.4 is 5.32 Å². The Labute approximate surface area is 125 Å². The number of rotatable bonds is 3. The van der Waals surface area contributed by atoms with Crippen LogP contribution in [-0.4, -0.2) is 35.0 Å². The molecule has 1 aliphatic heterocycles. The molecule has 4 heteroatoms. The minimum Gasteiger partial charge on any atom is -0.350 e. The van der Waals surface area contributed by atoms with Gasteiger partial charge in [-0.2, -0.15) is 0 Å². The lowest BCUT2D eigenvalue weighted by Crippen LogP contribution is -2.47. The van der Waals surface area contributed by atoms with Crippen molar-refractivity contribution in [2.45, 2.75) is 26.1 Å². The number of benzene rings is 1. The van der Waals surface area contributed by atoms with E-state index in [4.69, 9.17) is 0 Å². The van der Waals surface area contributed by atoms with Gasteiger partial charge in [0.15, 0.2) is 0 Å². The third-order valence-corrected chi connectivity index (χ3v) is 4.14. The summed E-state index contributed by atoms with van der Waals surface area (Å²) in [5.74, 6) is 0.00500. The number of nitrogens with zero attached hydrogens (tertiary/aromatic N) is 2. The lowest BCUT2D eigenvalue weighted by atomic mass is 10.1. The van der Waals surface area contributed by atoms with Crippen molar-refractivity contribution in [3.63, 3.8) is 0 Å². The summed E-state index contributed by atoms with van der Waals surface area (Å²) in [5, 5.41) is 3.06. The topological polar surface area (TPSA) is 37.3 Å². The Bertz CT molecular complexity index is 647. The van der Waals surface area contributed by atoms with E-state index < -0.39 is 0 Å². The molecule has 0 spiro atoms. The first-order chi connectivity index (χ1) is 10.1. The fraction of sp³-hybridized carbons (Fsp3) is 0.353. The van der Waals surface area contributed by atoms with Crippen molar-refractivity contribution in [3.05, 3.63) is 59.4 Å². The van der Waals surface area contributed by atoms with Gasteiger partial charge in [-0.05, 0) is 38.2 Å². The first-order valence-electron chi connectivity index (χ1n) is 7.32. The number of carbonyl (C=O) groups excluding carboxylic acids is 1. The molecule has 0 saturated carbocycles. The Hall–Kier alpha value is -2.07. The number of fused-ring (bicyclic) bond motifs is 1. The normalized spacial score (nSPS) is 18.3. The minimum absolute atomic E-state index is 0.00500. The van der Waals surface area contributed by atoms with Gasteiger partial charge in [0.05, 0.1) is 0 Å². The molecule has 4 nitrogen and oxygen atoms in total. The zero-order chi connectivity index (χ0) is 14.8. The highest BCUT2D eigenvalue weighted by molar-refractivity contribution is 5.94. The Morgan fingerprint density at radius 3 is 3.00 bits per heavy atom. The Balaban J connectivity index is 1.62. The maximum atomic E-state index is 12.2. The smallest absolute Gasteiger partial charge is 0.251 e. The molecule has 1 aromatic carbocycles. The van der Waals surface area contributed by atoms with E-state index in [1.807, 2.05) is 31.2 Å². The van der Waals surface area contributed by atoms with Crippen molar-refractivity contribution < 1.29 is 4.79 Å². The molecule has 2 aromatic rings. The Morgan fingerprint density at radius 2 is 2.19 bits per heavy atom. The molecule has 1 unspecified atom stereocenters. The van der Waals surface area contributed by atoms with E-state index in [0.717, 1.165) is 24.2 Å². The maximum absolute atomic E-state index is 12.2. The van der Waals surface area contributed by atoms with Crippen LogP contribution in [0.25, 0.3) is 0 Å². The van der Waals surface area contributed by atoms with Crippen molar-refractivity contribution in [1.29, 1.82) is 0 Å². The first kappa shape index (κ1) is 13.9. The number of aryl methyl sites for hydroxylation is 1. The second kappa shape index (κ2) is 5.74. The van der Waals surface area contributed by atoms with Crippen molar-refractivity contribution in [3.8, 4) is 0 Å². The highest BCUT2D eigenvalue weighted by Crippen LogP contribution is 2.16. The molecule has 21 heavy (non-hydrogen) atoms. The fourth-order valence-electron chi connectivity index (χ4n) is 2.84. The molecule has 110 valence electrons. The van der Waals surface area contributed by atoms with Crippen LogP contribution in [-0.2, 0) is 13.1 Å². The van der Waals surface area contributed by atoms with E-state index in [0.29, 0.717) is 12.6 Å². The van der Waals surface area contributed by atoms with E-state index in [1.165, 1.54) is 5.69 Å². The van der Waals surface area contributed by atoms with Crippen LogP contribution >= 0.6 is 0 Å². The van der Waals surface area contributed by atoms with Crippen LogP contribution in [0.5, 0.6) is 0 Å². The number of carbonyl (C=O) groups is 1. The van der Waals surface area contributed by atoms with E-state index in [9.17, 15) is 4.79 Å². The van der Waals surface area contributed by atoms with Gasteiger partial charge in [-0.25, -0.2) is 0 Å². The molecule has 0 aliphatic carbocycles. The summed E-state index contributed by atoms with van der Waals surface area (Å²) in [6.45, 7) is 4.52. The van der Waals surface area contributed by atoms with Crippen molar-refractivity contribution in [2.24, 2.45) is 0 Å². The van der Waals surface area contributed by atoms with Crippen molar-refractivity contribution in [1.82, 2.24) is 14.8 Å². The molecule has 0 fully saturated rings. The molecular weight excluding hydrogens is 262 g/mol. The molecule has 1 atom stereocenters. The van der Waals surface area contributed by atoms with Gasteiger partial charge in [0.1, 0.15) is 0 Å². The largest absolute Gasteiger partial charge is 0.350 e. The number of nitrogens with one attached hydrogen (secondary N) is 1. The van der Waals surface area contributed by atoms with E-state index >= 15 is 0 Å². The quantitative estimate of drug-likeness (QED) is 0.936. The molecule has 1 aromatic heterocycles. The third kappa shape index (κ3) is 3.00. The summed E-state index contributed by atoms with van der Waals surface area (Å²) >= 11 is 0. The summed E-state index contributed by atoms with van der Waals surface area (Å²) < 4.78 is 2.27. The number of hydrogen-bond acceptors (Lipinski definition) is 2. The lowest BCUT2D eigenvalue weighted by molar-refractivity contribution is 0.0925. The van der Waals surface area contributed by atoms with E-state index in [-0.39, 0.29) is 5.91 Å². The minimum atomic E-state index is 0.00500. The molecule has 0 saturated heterocycles. The SMILES string of the molecule is Cc1cccc(C(=O)NCC2Cn3cccc3CN2C)c1. The molecule has 1 amide bonds. The van der Waals surface area contributed by atoms with Gasteiger partial charge >= 0.3 is 0 Å². The molecule has 3 rings (SSSR count). The monoisotopic (exact) mass is 283 g/mol. The van der Waals surface area contributed by atoms with Crippen LogP contribution in [0.3, 0.4) is 0 Å². The molecule has 2 heterocycles. The van der Waals surface area contributed by atoms with Crippen LogP contribution in [0.2, 0.25) is 0 Å². The van der Waals surface area contributed by atoms with Gasteiger partial charge < -0.3 is 9.88 Å². The molecular formula is C17H21N3O. The Morgan fingerprint density at radius 1 is 1.33 bits per heavy atom. The number of aromatic nitrogens is 1. The molecule has 0 bridgehead atoms. The predicted octanol–water partition coefficient (Wildman–Crippen LogP) is 2.04. The number of hydrogen-bond donors (Lipinski definition) is 1. The van der Waals surface area contributed by atoms with Gasteiger partial charge in [0.2, 0.25) is 0 Å². The first-order valence-corrected chi connectivity index (χ1v) is 7.32. The van der Waals surface area contributed by atoms with Gasteiger partial charge in [-0.1, -0.05) is 17.7 Å². The van der Waals surface area contributed by atoms with Gasteiger partial charge in [0.25, 0.3) is 5.91 Å². The van der Waals surface area contributed by atoms with Gasteiger partial charge in [-0.3, -0.25) is 9.69 Å². The van der Waals surface area contributed by atoms with Crippen LogP contribution in [0.4, 0.5) is 0 Å². The lowest BCUT2D eigenvalue weighted by Gasteiger charge is -2.34.